The number of imidazole rings is 2. The van der Waals surface area contributed by atoms with Gasteiger partial charge in [-0.3, -0.25) is 28.0 Å². The molecule has 0 saturated carbocycles. The topological polar surface area (TPSA) is 294 Å². The Balaban J connectivity index is 1.12. The molecule has 4 aromatic heterocycles. The molecule has 8 atom stereocenters. The maximum absolute atomic E-state index is 12.8. The standard InChI is InChI=1S/C20H25N10O10P/c21-15-11-16(24-4-23-15)29(5-25-11)10-1-7(8(2-31)38-10)40-41(35,36)37-3-9-13(32)14(33)19(39-9)30-6-26-12-17(30)27-20(22)28-18(12)34/h4-10,13-14,19,31-33H,1-3H2,(H,35,36)(H2,21,23,24)(H3,22,27,28,34). The Morgan fingerprint density at radius 3 is 2.59 bits per heavy atom. The van der Waals surface area contributed by atoms with Gasteiger partial charge in [-0.15, -0.1) is 0 Å². The number of nitrogens with zero attached hydrogens (tertiary/aromatic N) is 7. The molecule has 220 valence electrons. The van der Waals surface area contributed by atoms with Crippen LogP contribution in [-0.2, 0) is 23.1 Å². The molecule has 0 spiro atoms. The fourth-order valence-corrected chi connectivity index (χ4v) is 5.78. The van der Waals surface area contributed by atoms with Crippen molar-refractivity contribution in [3.8, 4) is 0 Å². The van der Waals surface area contributed by atoms with E-state index in [1.165, 1.54) is 28.1 Å². The highest BCUT2D eigenvalue weighted by Crippen LogP contribution is 2.49. The number of aliphatic hydroxyl groups is 3. The van der Waals surface area contributed by atoms with Crippen molar-refractivity contribution in [1.29, 1.82) is 0 Å². The number of H-pyrrole nitrogens is 1. The van der Waals surface area contributed by atoms with Gasteiger partial charge in [0.05, 0.1) is 25.9 Å². The zero-order chi connectivity index (χ0) is 29.1. The Morgan fingerprint density at radius 2 is 1.80 bits per heavy atom. The van der Waals surface area contributed by atoms with E-state index in [1.807, 2.05) is 0 Å². The summed E-state index contributed by atoms with van der Waals surface area (Å²) in [6.45, 7) is -1.21. The summed E-state index contributed by atoms with van der Waals surface area (Å²) in [6.07, 6.45) is -4.69. The fourth-order valence-electron chi connectivity index (χ4n) is 4.82. The molecular weight excluding hydrogens is 571 g/mol. The summed E-state index contributed by atoms with van der Waals surface area (Å²) >= 11 is 0. The second kappa shape index (κ2) is 10.4. The molecule has 2 saturated heterocycles. The normalized spacial score (nSPS) is 29.9. The molecule has 0 aromatic carbocycles. The summed E-state index contributed by atoms with van der Waals surface area (Å²) in [7, 11) is -4.81. The Hall–Kier alpha value is -3.59. The van der Waals surface area contributed by atoms with Crippen LogP contribution in [0.15, 0.2) is 23.8 Å². The summed E-state index contributed by atoms with van der Waals surface area (Å²) in [6, 6.07) is 0. The molecule has 20 nitrogen and oxygen atoms in total. The first-order valence-electron chi connectivity index (χ1n) is 12.1. The van der Waals surface area contributed by atoms with Crippen molar-refractivity contribution in [3.05, 3.63) is 29.3 Å². The van der Waals surface area contributed by atoms with Crippen LogP contribution in [0, 0.1) is 0 Å². The molecule has 0 amide bonds. The smallest absolute Gasteiger partial charge is 0.394 e. The van der Waals surface area contributed by atoms with Crippen molar-refractivity contribution in [2.45, 2.75) is 49.4 Å². The van der Waals surface area contributed by atoms with E-state index < -0.39 is 69.6 Å². The van der Waals surface area contributed by atoms with E-state index in [2.05, 4.69) is 29.9 Å². The molecule has 0 aliphatic carbocycles. The van der Waals surface area contributed by atoms with E-state index in [0.717, 1.165) is 0 Å². The Morgan fingerprint density at radius 1 is 1.05 bits per heavy atom. The van der Waals surface area contributed by atoms with Crippen molar-refractivity contribution < 1.29 is 43.3 Å². The van der Waals surface area contributed by atoms with E-state index in [0.29, 0.717) is 11.2 Å². The molecule has 2 aliphatic heterocycles. The van der Waals surface area contributed by atoms with Gasteiger partial charge < -0.3 is 41.2 Å². The minimum Gasteiger partial charge on any atom is -0.394 e. The largest absolute Gasteiger partial charge is 0.472 e. The molecule has 6 rings (SSSR count). The number of fused-ring (bicyclic) bond motifs is 2. The highest BCUT2D eigenvalue weighted by molar-refractivity contribution is 7.47. The Labute approximate surface area is 228 Å². The number of anilines is 2. The third-order valence-electron chi connectivity index (χ3n) is 6.79. The van der Waals surface area contributed by atoms with E-state index in [9.17, 15) is 29.6 Å². The summed E-state index contributed by atoms with van der Waals surface area (Å²) in [5.41, 5.74) is 11.4. The van der Waals surface area contributed by atoms with Gasteiger partial charge in [0.2, 0.25) is 5.95 Å². The van der Waals surface area contributed by atoms with E-state index in [-0.39, 0.29) is 29.4 Å². The molecular formula is C20H25N10O10P. The first-order valence-corrected chi connectivity index (χ1v) is 13.6. The zero-order valence-electron chi connectivity index (χ0n) is 20.9. The number of hydrogen-bond acceptors (Lipinski definition) is 16. The molecule has 21 heteroatoms. The van der Waals surface area contributed by atoms with Gasteiger partial charge in [-0.05, 0) is 0 Å². The lowest BCUT2D eigenvalue weighted by Crippen LogP contribution is -2.34. The van der Waals surface area contributed by atoms with Crippen molar-refractivity contribution >= 4 is 41.9 Å². The van der Waals surface area contributed by atoms with Crippen LogP contribution in [0.5, 0.6) is 0 Å². The zero-order valence-corrected chi connectivity index (χ0v) is 21.8. The maximum atomic E-state index is 12.8. The number of ether oxygens (including phenoxy) is 2. The van der Waals surface area contributed by atoms with Crippen LogP contribution in [0.1, 0.15) is 18.9 Å². The molecule has 0 radical (unpaired) electrons. The molecule has 0 bridgehead atoms. The first-order chi connectivity index (χ1) is 19.6. The lowest BCUT2D eigenvalue weighted by atomic mass is 10.1. The van der Waals surface area contributed by atoms with E-state index >= 15 is 0 Å². The average molecular weight is 596 g/mol. The van der Waals surface area contributed by atoms with Crippen molar-refractivity contribution in [2.75, 3.05) is 24.7 Å². The number of aliphatic hydroxyl groups excluding tert-OH is 3. The second-order valence-electron chi connectivity index (χ2n) is 9.36. The van der Waals surface area contributed by atoms with Crippen LogP contribution < -0.4 is 17.0 Å². The maximum Gasteiger partial charge on any atom is 0.472 e. The monoisotopic (exact) mass is 596 g/mol. The van der Waals surface area contributed by atoms with Gasteiger partial charge in [0.1, 0.15) is 48.6 Å². The average Bonchev–Trinajstić information content (AvgIpc) is 3.69. The molecule has 9 N–H and O–H groups in total. The van der Waals surface area contributed by atoms with Gasteiger partial charge >= 0.3 is 7.82 Å². The van der Waals surface area contributed by atoms with Crippen molar-refractivity contribution in [2.24, 2.45) is 0 Å². The van der Waals surface area contributed by atoms with Crippen LogP contribution in [0.4, 0.5) is 11.8 Å². The lowest BCUT2D eigenvalue weighted by molar-refractivity contribution is -0.0585. The molecule has 2 aliphatic rings. The molecule has 41 heavy (non-hydrogen) atoms. The lowest BCUT2D eigenvalue weighted by Gasteiger charge is -2.21. The number of nitrogens with one attached hydrogen (secondary N) is 1. The second-order valence-corrected chi connectivity index (χ2v) is 10.8. The van der Waals surface area contributed by atoms with E-state index in [4.69, 9.17) is 30.0 Å². The van der Waals surface area contributed by atoms with Crippen LogP contribution in [-0.4, -0.2) is 103 Å². The summed E-state index contributed by atoms with van der Waals surface area (Å²) in [5, 5.41) is 30.9. The van der Waals surface area contributed by atoms with Gasteiger partial charge in [0.15, 0.2) is 28.9 Å². The predicted molar refractivity (Wildman–Crippen MR) is 134 cm³/mol. The predicted octanol–water partition coefficient (Wildman–Crippen LogP) is -2.47. The van der Waals surface area contributed by atoms with Gasteiger partial charge in [0, 0.05) is 6.42 Å². The van der Waals surface area contributed by atoms with Crippen LogP contribution in [0.3, 0.4) is 0 Å². The SMILES string of the molecule is Nc1nc2c(ncn2C2OC(COP(=O)(O)OC3CC(n4cnc5c(N)ncnc54)OC3CO)C(O)C2O)c(=O)[nH]1. The highest BCUT2D eigenvalue weighted by Gasteiger charge is 2.47. The fraction of sp³-hybridized carbons (Fsp3) is 0.500. The molecule has 8 unspecified atom stereocenters. The third kappa shape index (κ3) is 4.94. The minimum absolute atomic E-state index is 0.00844. The summed E-state index contributed by atoms with van der Waals surface area (Å²) in [4.78, 5) is 44.9. The van der Waals surface area contributed by atoms with Crippen LogP contribution in [0.2, 0.25) is 0 Å². The Kier molecular flexibility index (Phi) is 6.96. The number of phosphoric ester groups is 1. The van der Waals surface area contributed by atoms with Crippen molar-refractivity contribution in [3.63, 3.8) is 0 Å². The van der Waals surface area contributed by atoms with Gasteiger partial charge in [-0.1, -0.05) is 0 Å². The minimum atomic E-state index is -4.81. The van der Waals surface area contributed by atoms with Gasteiger partial charge in [-0.2, -0.15) is 4.98 Å². The number of hydrogen-bond donors (Lipinski definition) is 7. The molecule has 2 fully saturated rings. The number of nitrogen functional groups attached to an aromatic ring is 2. The Bertz CT molecular complexity index is 1690. The van der Waals surface area contributed by atoms with Gasteiger partial charge in [0.25, 0.3) is 5.56 Å². The van der Waals surface area contributed by atoms with Crippen molar-refractivity contribution in [1.82, 2.24) is 39.0 Å². The number of nitrogens with two attached hydrogens (primary N) is 2. The molecule has 4 aromatic rings. The molecule has 6 heterocycles. The number of rotatable bonds is 8. The quantitative estimate of drug-likeness (QED) is 0.104. The number of phosphoric acid groups is 1. The highest BCUT2D eigenvalue weighted by atomic mass is 31.2. The van der Waals surface area contributed by atoms with E-state index in [1.54, 1.807) is 0 Å². The third-order valence-corrected chi connectivity index (χ3v) is 7.80. The van der Waals surface area contributed by atoms with Crippen LogP contribution >= 0.6 is 7.82 Å². The summed E-state index contributed by atoms with van der Waals surface area (Å²) < 4.78 is 37.4. The number of aromatic amines is 1. The number of aromatic nitrogens is 8. The van der Waals surface area contributed by atoms with Gasteiger partial charge in [-0.25, -0.2) is 24.5 Å². The van der Waals surface area contributed by atoms with Crippen LogP contribution in [0.25, 0.3) is 22.3 Å². The summed E-state index contributed by atoms with van der Waals surface area (Å²) in [5.74, 6) is -0.0426. The first kappa shape index (κ1) is 27.6.